The minimum Gasteiger partial charge on any atom is -0.444 e. The molecule has 2 aliphatic heterocycles. The smallest absolute Gasteiger partial charge is 0.407 e. The number of aliphatic imine (C=N–C) groups is 1. The fourth-order valence-corrected chi connectivity index (χ4v) is 3.85. The van der Waals surface area contributed by atoms with Crippen LogP contribution in [-0.4, -0.2) is 92.0 Å². The molecule has 2 fully saturated rings. The van der Waals surface area contributed by atoms with E-state index in [2.05, 4.69) is 39.3 Å². The standard InChI is InChI=1S/C20H39N5O3.HI/c1-15-12-24(13-16(2)27-15)10-7-9-22-18(21-6)25-11-8-17(14-25)23-19(26)28-20(3,4)5;/h15-17H,7-14H2,1-6H3,(H,21,22)(H,23,26);1H. The predicted octanol–water partition coefficient (Wildman–Crippen LogP) is 2.28. The van der Waals surface area contributed by atoms with Crippen LogP contribution in [0.1, 0.15) is 47.5 Å². The van der Waals surface area contributed by atoms with Gasteiger partial charge in [0.1, 0.15) is 5.60 Å². The molecule has 0 spiro atoms. The van der Waals surface area contributed by atoms with Crippen molar-refractivity contribution < 1.29 is 14.3 Å². The average Bonchev–Trinajstić information content (AvgIpc) is 3.00. The van der Waals surface area contributed by atoms with Gasteiger partial charge >= 0.3 is 6.09 Å². The largest absolute Gasteiger partial charge is 0.444 e. The van der Waals surface area contributed by atoms with Gasteiger partial charge in [-0.2, -0.15) is 0 Å². The zero-order valence-corrected chi connectivity index (χ0v) is 21.2. The summed E-state index contributed by atoms with van der Waals surface area (Å²) in [6.45, 7) is 15.5. The molecule has 0 saturated carbocycles. The third-order valence-electron chi connectivity index (χ3n) is 4.85. The van der Waals surface area contributed by atoms with Crippen molar-refractivity contribution in [1.29, 1.82) is 0 Å². The van der Waals surface area contributed by atoms with Crippen LogP contribution in [0.3, 0.4) is 0 Å². The quantitative estimate of drug-likeness (QED) is 0.248. The molecular weight excluding hydrogens is 485 g/mol. The van der Waals surface area contributed by atoms with Crippen LogP contribution in [-0.2, 0) is 9.47 Å². The highest BCUT2D eigenvalue weighted by atomic mass is 127. The monoisotopic (exact) mass is 525 g/mol. The van der Waals surface area contributed by atoms with Crippen LogP contribution in [0.25, 0.3) is 0 Å². The van der Waals surface area contributed by atoms with Crippen molar-refractivity contribution in [2.75, 3.05) is 46.3 Å². The summed E-state index contributed by atoms with van der Waals surface area (Å²) in [5.41, 5.74) is -0.476. The number of hydrogen-bond acceptors (Lipinski definition) is 5. The van der Waals surface area contributed by atoms with E-state index in [1.807, 2.05) is 27.8 Å². The zero-order chi connectivity index (χ0) is 20.7. The van der Waals surface area contributed by atoms with E-state index in [0.29, 0.717) is 12.2 Å². The van der Waals surface area contributed by atoms with Crippen LogP contribution in [0.5, 0.6) is 0 Å². The molecule has 0 aromatic carbocycles. The summed E-state index contributed by atoms with van der Waals surface area (Å²) in [7, 11) is 1.81. The SMILES string of the molecule is CN=C(NCCCN1CC(C)OC(C)C1)N1CCC(NC(=O)OC(C)(C)C)C1.I. The number of morpholine rings is 1. The van der Waals surface area contributed by atoms with Crippen molar-refractivity contribution in [2.24, 2.45) is 4.99 Å². The number of amides is 1. The Hall–Kier alpha value is -0.810. The van der Waals surface area contributed by atoms with E-state index < -0.39 is 5.60 Å². The molecule has 2 aliphatic rings. The van der Waals surface area contributed by atoms with Crippen LogP contribution < -0.4 is 10.6 Å². The Morgan fingerprint density at radius 3 is 2.45 bits per heavy atom. The maximum atomic E-state index is 12.0. The second kappa shape index (κ2) is 12.1. The first-order chi connectivity index (χ1) is 13.2. The van der Waals surface area contributed by atoms with E-state index in [-0.39, 0.29) is 36.1 Å². The van der Waals surface area contributed by atoms with Gasteiger partial charge in [0.05, 0.1) is 18.2 Å². The molecule has 0 radical (unpaired) electrons. The molecular formula is C20H40IN5O3. The average molecular weight is 525 g/mol. The molecule has 29 heavy (non-hydrogen) atoms. The first-order valence-electron chi connectivity index (χ1n) is 10.5. The number of likely N-dealkylation sites (tertiary alicyclic amines) is 1. The van der Waals surface area contributed by atoms with E-state index in [1.165, 1.54) is 0 Å². The van der Waals surface area contributed by atoms with E-state index in [1.54, 1.807) is 0 Å². The van der Waals surface area contributed by atoms with E-state index in [0.717, 1.165) is 58.1 Å². The Morgan fingerprint density at radius 1 is 1.21 bits per heavy atom. The number of carbonyl (C=O) groups is 1. The van der Waals surface area contributed by atoms with Crippen molar-refractivity contribution in [1.82, 2.24) is 20.4 Å². The van der Waals surface area contributed by atoms with Crippen molar-refractivity contribution in [3.05, 3.63) is 0 Å². The Labute approximate surface area is 193 Å². The third-order valence-corrected chi connectivity index (χ3v) is 4.85. The first-order valence-corrected chi connectivity index (χ1v) is 10.5. The van der Waals surface area contributed by atoms with Gasteiger partial charge in [-0.25, -0.2) is 4.79 Å². The van der Waals surface area contributed by atoms with Gasteiger partial charge in [0.25, 0.3) is 0 Å². The first kappa shape index (κ1) is 26.2. The molecule has 2 saturated heterocycles. The fraction of sp³-hybridized carbons (Fsp3) is 0.900. The lowest BCUT2D eigenvalue weighted by Crippen LogP contribution is -2.47. The Kier molecular flexibility index (Phi) is 11.0. The molecule has 0 bridgehead atoms. The molecule has 2 rings (SSSR count). The van der Waals surface area contributed by atoms with Gasteiger partial charge in [0, 0.05) is 46.3 Å². The number of hydrogen-bond donors (Lipinski definition) is 2. The van der Waals surface area contributed by atoms with Crippen molar-refractivity contribution in [3.8, 4) is 0 Å². The van der Waals surface area contributed by atoms with E-state index >= 15 is 0 Å². The Morgan fingerprint density at radius 2 is 1.86 bits per heavy atom. The highest BCUT2D eigenvalue weighted by molar-refractivity contribution is 14.0. The molecule has 0 aromatic heterocycles. The normalized spacial score (nSPS) is 26.1. The number of nitrogens with one attached hydrogen (secondary N) is 2. The Balaban J connectivity index is 0.00000420. The molecule has 9 heteroatoms. The predicted molar refractivity (Wildman–Crippen MR) is 127 cm³/mol. The summed E-state index contributed by atoms with van der Waals surface area (Å²) in [5, 5.41) is 6.42. The van der Waals surface area contributed by atoms with Gasteiger partial charge in [-0.3, -0.25) is 9.89 Å². The van der Waals surface area contributed by atoms with E-state index in [4.69, 9.17) is 9.47 Å². The second-order valence-corrected chi connectivity index (χ2v) is 8.92. The molecule has 2 N–H and O–H groups in total. The number of rotatable bonds is 5. The number of halogens is 1. The number of alkyl carbamates (subject to hydrolysis) is 1. The number of ether oxygens (including phenoxy) is 2. The highest BCUT2D eigenvalue weighted by Gasteiger charge is 2.28. The Bertz CT molecular complexity index is 531. The zero-order valence-electron chi connectivity index (χ0n) is 18.9. The summed E-state index contributed by atoms with van der Waals surface area (Å²) in [6.07, 6.45) is 2.22. The maximum absolute atomic E-state index is 12.0. The third kappa shape index (κ3) is 9.69. The molecule has 0 aromatic rings. The maximum Gasteiger partial charge on any atom is 0.407 e. The van der Waals surface area contributed by atoms with Gasteiger partial charge in [-0.15, -0.1) is 24.0 Å². The molecule has 170 valence electrons. The summed E-state index contributed by atoms with van der Waals surface area (Å²) in [6, 6.07) is 0.0877. The highest BCUT2D eigenvalue weighted by Crippen LogP contribution is 2.13. The number of carbonyl (C=O) groups excluding carboxylic acids is 1. The van der Waals surface area contributed by atoms with Crippen LogP contribution in [0.15, 0.2) is 4.99 Å². The summed E-state index contributed by atoms with van der Waals surface area (Å²) in [4.78, 5) is 21.0. The molecule has 1 amide bonds. The van der Waals surface area contributed by atoms with Gasteiger partial charge in [-0.1, -0.05) is 0 Å². The van der Waals surface area contributed by atoms with Crippen LogP contribution in [0.4, 0.5) is 4.79 Å². The van der Waals surface area contributed by atoms with Crippen LogP contribution in [0, 0.1) is 0 Å². The van der Waals surface area contributed by atoms with Crippen molar-refractivity contribution in [2.45, 2.75) is 71.3 Å². The van der Waals surface area contributed by atoms with Gasteiger partial charge < -0.3 is 25.0 Å². The number of guanidine groups is 1. The lowest BCUT2D eigenvalue weighted by atomic mass is 10.2. The molecule has 2 heterocycles. The van der Waals surface area contributed by atoms with Crippen LogP contribution >= 0.6 is 24.0 Å². The lowest BCUT2D eigenvalue weighted by Gasteiger charge is -2.35. The second-order valence-electron chi connectivity index (χ2n) is 8.92. The molecule has 0 aliphatic carbocycles. The summed E-state index contributed by atoms with van der Waals surface area (Å²) in [5.74, 6) is 0.900. The topological polar surface area (TPSA) is 78.4 Å². The fourth-order valence-electron chi connectivity index (χ4n) is 3.85. The van der Waals surface area contributed by atoms with E-state index in [9.17, 15) is 4.79 Å². The van der Waals surface area contributed by atoms with Gasteiger partial charge in [0.15, 0.2) is 5.96 Å². The molecule has 3 atom stereocenters. The minimum atomic E-state index is -0.476. The lowest BCUT2D eigenvalue weighted by molar-refractivity contribution is -0.0679. The van der Waals surface area contributed by atoms with Crippen molar-refractivity contribution >= 4 is 36.0 Å². The van der Waals surface area contributed by atoms with Crippen LogP contribution in [0.2, 0.25) is 0 Å². The van der Waals surface area contributed by atoms with Gasteiger partial charge in [-0.05, 0) is 47.5 Å². The van der Waals surface area contributed by atoms with Gasteiger partial charge in [0.2, 0.25) is 0 Å². The molecule has 3 unspecified atom stereocenters. The number of nitrogens with zero attached hydrogens (tertiary/aromatic N) is 3. The summed E-state index contributed by atoms with van der Waals surface area (Å²) < 4.78 is 11.1. The minimum absolute atomic E-state index is 0. The van der Waals surface area contributed by atoms with Crippen molar-refractivity contribution in [3.63, 3.8) is 0 Å². The molecule has 8 nitrogen and oxygen atoms in total. The summed E-state index contributed by atoms with van der Waals surface area (Å²) >= 11 is 0.